The Balaban J connectivity index is 0.00000405. The molecule has 0 bridgehead atoms. The molecule has 3 heterocycles. The maximum absolute atomic E-state index is 13.9. The summed E-state index contributed by atoms with van der Waals surface area (Å²) in [5.41, 5.74) is 0.746. The molecule has 2 aromatic heterocycles. The molecule has 12 nitrogen and oxygen atoms in total. The van der Waals surface area contributed by atoms with Crippen LogP contribution in [0.3, 0.4) is 0 Å². The van der Waals surface area contributed by atoms with E-state index in [4.69, 9.17) is 9.47 Å². The molecule has 1 saturated heterocycles. The van der Waals surface area contributed by atoms with Crippen LogP contribution in [0.1, 0.15) is 19.3 Å². The molecule has 1 aliphatic rings. The largest absolute Gasteiger partial charge is 0.497 e. The van der Waals surface area contributed by atoms with Gasteiger partial charge in [-0.2, -0.15) is 5.10 Å². The van der Waals surface area contributed by atoms with Crippen LogP contribution in [0.5, 0.6) is 11.5 Å². The Bertz CT molecular complexity index is 1590. The minimum Gasteiger partial charge on any atom is -0.497 e. The summed E-state index contributed by atoms with van der Waals surface area (Å²) < 4.78 is 40.2. The number of hydrogen-bond donors (Lipinski definition) is 3. The van der Waals surface area contributed by atoms with Crippen LogP contribution in [0.25, 0.3) is 10.9 Å². The third-order valence-electron chi connectivity index (χ3n) is 6.64. The maximum Gasteiger partial charge on any atom is 0.407 e. The highest BCUT2D eigenvalue weighted by molar-refractivity contribution is 5.97. The quantitative estimate of drug-likeness (QED) is 0.245. The molecular weight excluding hydrogens is 576 g/mol. The minimum atomic E-state index is -1.15. The van der Waals surface area contributed by atoms with Crippen molar-refractivity contribution in [2.24, 2.45) is 0 Å². The second-order valence-corrected chi connectivity index (χ2v) is 9.38. The highest BCUT2D eigenvalue weighted by Crippen LogP contribution is 2.36. The molecule has 1 aliphatic heterocycles. The number of carboxylic acid groups (broad SMARTS) is 1. The molecule has 222 valence electrons. The number of aromatic nitrogens is 4. The first-order valence-electron chi connectivity index (χ1n) is 12.8. The van der Waals surface area contributed by atoms with Gasteiger partial charge in [-0.25, -0.2) is 23.5 Å². The van der Waals surface area contributed by atoms with E-state index < -0.39 is 23.6 Å². The number of rotatable bonds is 9. The van der Waals surface area contributed by atoms with Crippen LogP contribution >= 0.6 is 12.4 Å². The average Bonchev–Trinajstić information content (AvgIpc) is 3.40. The summed E-state index contributed by atoms with van der Waals surface area (Å²) in [7, 11) is 1.52. The number of ether oxygens (including phenoxy) is 2. The van der Waals surface area contributed by atoms with Crippen LogP contribution in [0.2, 0.25) is 0 Å². The van der Waals surface area contributed by atoms with E-state index >= 15 is 0 Å². The molecule has 0 aliphatic carbocycles. The second-order valence-electron chi connectivity index (χ2n) is 9.38. The van der Waals surface area contributed by atoms with Gasteiger partial charge < -0.3 is 30.1 Å². The van der Waals surface area contributed by atoms with Gasteiger partial charge in [0.1, 0.15) is 36.8 Å². The average molecular weight is 604 g/mol. The highest BCUT2D eigenvalue weighted by Gasteiger charge is 2.27. The first-order chi connectivity index (χ1) is 19.8. The lowest BCUT2D eigenvalue weighted by atomic mass is 10.0. The Labute approximate surface area is 245 Å². The second kappa shape index (κ2) is 13.3. The van der Waals surface area contributed by atoms with Crippen LogP contribution < -0.4 is 20.1 Å². The number of amides is 2. The van der Waals surface area contributed by atoms with Gasteiger partial charge in [0.2, 0.25) is 5.91 Å². The molecule has 2 aromatic carbocycles. The minimum absolute atomic E-state index is 0. The number of fused-ring (bicyclic) bond motifs is 1. The lowest BCUT2D eigenvalue weighted by Gasteiger charge is -2.33. The number of likely N-dealkylation sites (tertiary alicyclic amines) is 1. The maximum atomic E-state index is 13.9. The fourth-order valence-electron chi connectivity index (χ4n) is 4.66. The van der Waals surface area contributed by atoms with E-state index in [2.05, 4.69) is 25.7 Å². The fourth-order valence-corrected chi connectivity index (χ4v) is 4.66. The smallest absolute Gasteiger partial charge is 0.407 e. The molecule has 0 radical (unpaired) electrons. The number of carbonyl (C=O) groups is 2. The van der Waals surface area contributed by atoms with Crippen molar-refractivity contribution in [1.82, 2.24) is 24.6 Å². The topological polar surface area (TPSA) is 144 Å². The van der Waals surface area contributed by atoms with Crippen molar-refractivity contribution >= 4 is 52.5 Å². The molecule has 3 N–H and O–H groups in total. The number of anilines is 3. The third-order valence-corrected chi connectivity index (χ3v) is 6.64. The summed E-state index contributed by atoms with van der Waals surface area (Å²) in [4.78, 5) is 34.2. The van der Waals surface area contributed by atoms with Crippen LogP contribution in [-0.4, -0.2) is 68.1 Å². The van der Waals surface area contributed by atoms with E-state index in [0.717, 1.165) is 18.9 Å². The summed E-state index contributed by atoms with van der Waals surface area (Å²) in [5, 5.41) is 19.7. The first-order valence-corrected chi connectivity index (χ1v) is 12.8. The number of halogens is 3. The molecule has 4 aromatic rings. The zero-order valence-corrected chi connectivity index (χ0v) is 23.2. The number of nitrogens with one attached hydrogen (secondary N) is 2. The van der Waals surface area contributed by atoms with E-state index in [1.165, 1.54) is 41.3 Å². The molecule has 15 heteroatoms. The number of methoxy groups -OCH3 is 1. The number of benzene rings is 2. The Morgan fingerprint density at radius 2 is 2.02 bits per heavy atom. The first kappa shape index (κ1) is 30.2. The monoisotopic (exact) mass is 603 g/mol. The van der Waals surface area contributed by atoms with Gasteiger partial charge in [0.15, 0.2) is 11.6 Å². The van der Waals surface area contributed by atoms with Gasteiger partial charge >= 0.3 is 6.09 Å². The molecule has 0 spiro atoms. The van der Waals surface area contributed by atoms with Crippen molar-refractivity contribution in [2.45, 2.75) is 31.8 Å². The number of piperidine rings is 1. The van der Waals surface area contributed by atoms with Crippen molar-refractivity contribution in [2.75, 3.05) is 30.9 Å². The number of carbonyl (C=O) groups excluding carboxylic acids is 1. The van der Waals surface area contributed by atoms with Crippen molar-refractivity contribution in [3.63, 3.8) is 0 Å². The summed E-state index contributed by atoms with van der Waals surface area (Å²) in [6.07, 6.45) is 5.82. The molecule has 1 fully saturated rings. The Kier molecular flexibility index (Phi) is 9.57. The molecule has 42 heavy (non-hydrogen) atoms. The van der Waals surface area contributed by atoms with Crippen molar-refractivity contribution in [3.05, 3.63) is 60.7 Å². The Hall–Kier alpha value is -4.72. The molecule has 0 saturated carbocycles. The van der Waals surface area contributed by atoms with Crippen LogP contribution in [0.4, 0.5) is 30.8 Å². The van der Waals surface area contributed by atoms with Gasteiger partial charge in [-0.15, -0.1) is 12.4 Å². The summed E-state index contributed by atoms with van der Waals surface area (Å²) in [5.74, 6) is -1.51. The van der Waals surface area contributed by atoms with Crippen LogP contribution in [0, 0.1) is 11.6 Å². The van der Waals surface area contributed by atoms with Crippen molar-refractivity contribution < 1.29 is 33.0 Å². The standard InChI is InChI=1S/C27H27F2N7O5.ClH/c1-40-18-9-21-24(22(10-18)41-14-17-5-2-3-8-36(17)27(38)39)26(31-15-30-21)33-16-11-32-35(12-16)13-23(37)34-20-7-4-6-19(28)25(20)29;/h4,6-7,9-12,15,17H,2-3,5,8,13-14H2,1H3,(H,34,37)(H,38,39)(H,30,31,33);1H/t17-;/m1./s1. The molecule has 2 amide bonds. The number of hydrogen-bond acceptors (Lipinski definition) is 8. The Morgan fingerprint density at radius 3 is 2.81 bits per heavy atom. The van der Waals surface area contributed by atoms with Crippen molar-refractivity contribution in [3.8, 4) is 11.5 Å². The highest BCUT2D eigenvalue weighted by atomic mass is 35.5. The SMILES string of the molecule is COc1cc(OC[C@H]2CCCCN2C(=O)O)c2c(Nc3cnn(CC(=O)Nc4cccc(F)c4F)c3)ncnc2c1.Cl. The van der Waals surface area contributed by atoms with Crippen LogP contribution in [0.15, 0.2) is 49.1 Å². The zero-order chi connectivity index (χ0) is 28.9. The summed E-state index contributed by atoms with van der Waals surface area (Å²) in [6, 6.07) is 6.62. The van der Waals surface area contributed by atoms with Crippen LogP contribution in [-0.2, 0) is 11.3 Å². The molecular formula is C27H28ClF2N7O5. The summed E-state index contributed by atoms with van der Waals surface area (Å²) >= 11 is 0. The lowest BCUT2D eigenvalue weighted by Crippen LogP contribution is -2.46. The Morgan fingerprint density at radius 1 is 1.19 bits per heavy atom. The van der Waals surface area contributed by atoms with Gasteiger partial charge in [0, 0.05) is 24.9 Å². The van der Waals surface area contributed by atoms with E-state index in [-0.39, 0.29) is 37.3 Å². The molecule has 1 atom stereocenters. The van der Waals surface area contributed by atoms with E-state index in [9.17, 15) is 23.5 Å². The normalized spacial score (nSPS) is 14.6. The molecule has 5 rings (SSSR count). The van der Waals surface area contributed by atoms with E-state index in [0.29, 0.717) is 46.9 Å². The predicted molar refractivity (Wildman–Crippen MR) is 152 cm³/mol. The van der Waals surface area contributed by atoms with E-state index in [1.807, 2.05) is 0 Å². The van der Waals surface area contributed by atoms with Gasteiger partial charge in [0.25, 0.3) is 0 Å². The van der Waals surface area contributed by atoms with Gasteiger partial charge in [-0.3, -0.25) is 9.48 Å². The van der Waals surface area contributed by atoms with Crippen molar-refractivity contribution in [1.29, 1.82) is 0 Å². The van der Waals surface area contributed by atoms with E-state index in [1.54, 1.807) is 18.3 Å². The molecule has 0 unspecified atom stereocenters. The van der Waals surface area contributed by atoms with Gasteiger partial charge in [-0.1, -0.05) is 6.07 Å². The third kappa shape index (κ3) is 6.77. The van der Waals surface area contributed by atoms with Gasteiger partial charge in [-0.05, 0) is 31.4 Å². The summed E-state index contributed by atoms with van der Waals surface area (Å²) in [6.45, 7) is 0.342. The van der Waals surface area contributed by atoms with Gasteiger partial charge in [0.05, 0.1) is 41.6 Å². The predicted octanol–water partition coefficient (Wildman–Crippen LogP) is 4.83. The lowest BCUT2D eigenvalue weighted by molar-refractivity contribution is -0.116. The number of nitrogens with zero attached hydrogens (tertiary/aromatic N) is 5. The fraction of sp³-hybridized carbons (Fsp3) is 0.296. The zero-order valence-electron chi connectivity index (χ0n) is 22.4.